The molecular formula is C12H13ClO2. The molecule has 2 atom stereocenters. The fourth-order valence-electron chi connectivity index (χ4n) is 1.41. The molecule has 1 heterocycles. The maximum Gasteiger partial charge on any atom is 0.119 e. The van der Waals surface area contributed by atoms with Crippen LogP contribution >= 0.6 is 11.6 Å². The first-order valence-electron chi connectivity index (χ1n) is 4.94. The Hall–Kier alpha value is -0.990. The minimum atomic E-state index is 0.221. The number of rotatable bonds is 5. The lowest BCUT2D eigenvalue weighted by Gasteiger charge is -2.03. The van der Waals surface area contributed by atoms with Gasteiger partial charge in [0.25, 0.3) is 0 Å². The molecule has 2 unspecified atom stereocenters. The number of hydrogen-bond donors (Lipinski definition) is 0. The quantitative estimate of drug-likeness (QED) is 0.567. The summed E-state index contributed by atoms with van der Waals surface area (Å²) >= 11 is 5.76. The van der Waals surface area contributed by atoms with E-state index in [-0.39, 0.29) is 6.10 Å². The molecule has 1 aliphatic heterocycles. The molecule has 1 saturated heterocycles. The lowest BCUT2D eigenvalue weighted by atomic mass is 10.2. The number of benzene rings is 1. The monoisotopic (exact) mass is 224 g/mol. The molecule has 0 N–H and O–H groups in total. The topological polar surface area (TPSA) is 21.8 Å². The van der Waals surface area contributed by atoms with Gasteiger partial charge in [-0.25, -0.2) is 0 Å². The predicted octanol–water partition coefficient (Wildman–Crippen LogP) is 3.06. The minimum Gasteiger partial charge on any atom is -0.491 e. The van der Waals surface area contributed by atoms with Gasteiger partial charge in [-0.05, 0) is 30.7 Å². The molecule has 15 heavy (non-hydrogen) atoms. The van der Waals surface area contributed by atoms with E-state index >= 15 is 0 Å². The van der Waals surface area contributed by atoms with Gasteiger partial charge in [-0.2, -0.15) is 0 Å². The average Bonchev–Trinajstić information content (AvgIpc) is 2.97. The summed E-state index contributed by atoms with van der Waals surface area (Å²) in [5.74, 6) is 0.826. The normalized spacial score (nSPS) is 23.5. The van der Waals surface area contributed by atoms with Gasteiger partial charge in [0.05, 0.1) is 6.10 Å². The van der Waals surface area contributed by atoms with Crippen molar-refractivity contribution in [3.05, 3.63) is 41.9 Å². The summed E-state index contributed by atoms with van der Waals surface area (Å²) in [5.41, 5.74) is 0. The molecule has 0 spiro atoms. The van der Waals surface area contributed by atoms with Crippen LogP contribution < -0.4 is 4.74 Å². The molecule has 0 amide bonds. The highest BCUT2D eigenvalue weighted by Crippen LogP contribution is 2.26. The highest BCUT2D eigenvalue weighted by atomic mass is 35.5. The van der Waals surface area contributed by atoms with Crippen LogP contribution in [0.5, 0.6) is 5.75 Å². The largest absolute Gasteiger partial charge is 0.491 e. The minimum absolute atomic E-state index is 0.221. The number of epoxide rings is 1. The molecule has 80 valence electrons. The zero-order valence-electron chi connectivity index (χ0n) is 8.36. The van der Waals surface area contributed by atoms with Gasteiger partial charge in [-0.15, -0.1) is 6.58 Å². The highest BCUT2D eigenvalue weighted by Gasteiger charge is 2.37. The van der Waals surface area contributed by atoms with Crippen molar-refractivity contribution in [3.8, 4) is 5.75 Å². The van der Waals surface area contributed by atoms with Crippen molar-refractivity contribution in [3.63, 3.8) is 0 Å². The fourth-order valence-corrected chi connectivity index (χ4v) is 1.53. The molecule has 1 aliphatic rings. The van der Waals surface area contributed by atoms with Crippen LogP contribution in [0.2, 0.25) is 5.02 Å². The van der Waals surface area contributed by atoms with Gasteiger partial charge in [0.2, 0.25) is 0 Å². The van der Waals surface area contributed by atoms with Crippen LogP contribution in [0.15, 0.2) is 36.9 Å². The third-order valence-corrected chi connectivity index (χ3v) is 2.57. The fraction of sp³-hybridized carbons (Fsp3) is 0.333. The van der Waals surface area contributed by atoms with E-state index in [0.717, 1.165) is 17.2 Å². The van der Waals surface area contributed by atoms with E-state index in [9.17, 15) is 0 Å². The summed E-state index contributed by atoms with van der Waals surface area (Å²) < 4.78 is 10.9. The van der Waals surface area contributed by atoms with E-state index in [0.29, 0.717) is 12.7 Å². The molecule has 0 aromatic heterocycles. The highest BCUT2D eigenvalue weighted by molar-refractivity contribution is 6.30. The molecular weight excluding hydrogens is 212 g/mol. The Kier molecular flexibility index (Phi) is 3.29. The Morgan fingerprint density at radius 3 is 2.73 bits per heavy atom. The van der Waals surface area contributed by atoms with Gasteiger partial charge in [0.15, 0.2) is 0 Å². The third kappa shape index (κ3) is 2.98. The summed E-state index contributed by atoms with van der Waals surface area (Å²) in [4.78, 5) is 0. The van der Waals surface area contributed by atoms with Gasteiger partial charge in [-0.3, -0.25) is 0 Å². The van der Waals surface area contributed by atoms with Crippen molar-refractivity contribution in [1.29, 1.82) is 0 Å². The van der Waals surface area contributed by atoms with Crippen LogP contribution in [0, 0.1) is 0 Å². The Bertz CT molecular complexity index is 334. The van der Waals surface area contributed by atoms with Crippen molar-refractivity contribution in [2.75, 3.05) is 6.61 Å². The SMILES string of the molecule is C=CCC1OC1COc1ccc(Cl)cc1. The van der Waals surface area contributed by atoms with E-state index < -0.39 is 0 Å². The maximum absolute atomic E-state index is 5.76. The van der Waals surface area contributed by atoms with E-state index in [2.05, 4.69) is 6.58 Å². The summed E-state index contributed by atoms with van der Waals surface area (Å²) in [6.07, 6.45) is 3.29. The summed E-state index contributed by atoms with van der Waals surface area (Å²) in [6, 6.07) is 7.33. The summed E-state index contributed by atoms with van der Waals surface area (Å²) in [7, 11) is 0. The van der Waals surface area contributed by atoms with Crippen LogP contribution in [0.3, 0.4) is 0 Å². The molecule has 1 fully saturated rings. The van der Waals surface area contributed by atoms with Crippen molar-refractivity contribution < 1.29 is 9.47 Å². The second-order valence-electron chi connectivity index (χ2n) is 3.50. The zero-order valence-corrected chi connectivity index (χ0v) is 9.11. The van der Waals surface area contributed by atoms with Crippen molar-refractivity contribution in [2.45, 2.75) is 18.6 Å². The molecule has 0 aliphatic carbocycles. The first-order chi connectivity index (χ1) is 7.29. The molecule has 0 saturated carbocycles. The Morgan fingerprint density at radius 1 is 1.33 bits per heavy atom. The van der Waals surface area contributed by atoms with E-state index in [4.69, 9.17) is 21.1 Å². The predicted molar refractivity (Wildman–Crippen MR) is 60.4 cm³/mol. The first-order valence-corrected chi connectivity index (χ1v) is 5.32. The summed E-state index contributed by atoms with van der Waals surface area (Å²) in [5, 5.41) is 0.717. The average molecular weight is 225 g/mol. The number of halogens is 1. The van der Waals surface area contributed by atoms with Crippen molar-refractivity contribution >= 4 is 11.6 Å². The van der Waals surface area contributed by atoms with Gasteiger partial charge in [0, 0.05) is 5.02 Å². The Balaban J connectivity index is 1.75. The standard InChI is InChI=1S/C12H13ClO2/c1-2-3-11-12(15-11)8-14-10-6-4-9(13)5-7-10/h2,4-7,11-12H,1,3,8H2. The van der Waals surface area contributed by atoms with Crippen LogP contribution in [-0.2, 0) is 4.74 Å². The first kappa shape index (κ1) is 10.5. The van der Waals surface area contributed by atoms with E-state index in [1.54, 1.807) is 0 Å². The second-order valence-corrected chi connectivity index (χ2v) is 3.94. The molecule has 1 aromatic carbocycles. The van der Waals surface area contributed by atoms with Gasteiger partial charge >= 0.3 is 0 Å². The van der Waals surface area contributed by atoms with Gasteiger partial charge in [0.1, 0.15) is 18.5 Å². The Labute approximate surface area is 94.5 Å². The maximum atomic E-state index is 5.76. The molecule has 0 radical (unpaired) electrons. The molecule has 2 nitrogen and oxygen atoms in total. The van der Waals surface area contributed by atoms with Crippen molar-refractivity contribution in [1.82, 2.24) is 0 Å². The second kappa shape index (κ2) is 4.69. The number of ether oxygens (including phenoxy) is 2. The lowest BCUT2D eigenvalue weighted by molar-refractivity contribution is 0.260. The van der Waals surface area contributed by atoms with Crippen LogP contribution in [0.4, 0.5) is 0 Å². The van der Waals surface area contributed by atoms with Crippen LogP contribution in [0.1, 0.15) is 6.42 Å². The number of hydrogen-bond acceptors (Lipinski definition) is 2. The van der Waals surface area contributed by atoms with E-state index in [1.807, 2.05) is 30.3 Å². The van der Waals surface area contributed by atoms with Gasteiger partial charge in [-0.1, -0.05) is 17.7 Å². The smallest absolute Gasteiger partial charge is 0.119 e. The molecule has 3 heteroatoms. The zero-order chi connectivity index (χ0) is 10.7. The van der Waals surface area contributed by atoms with Crippen LogP contribution in [0.25, 0.3) is 0 Å². The molecule has 0 bridgehead atoms. The van der Waals surface area contributed by atoms with Crippen LogP contribution in [-0.4, -0.2) is 18.8 Å². The lowest BCUT2D eigenvalue weighted by Crippen LogP contribution is -2.07. The van der Waals surface area contributed by atoms with Gasteiger partial charge < -0.3 is 9.47 Å². The summed E-state index contributed by atoms with van der Waals surface area (Å²) in [6.45, 7) is 4.27. The van der Waals surface area contributed by atoms with Crippen molar-refractivity contribution in [2.24, 2.45) is 0 Å². The Morgan fingerprint density at radius 2 is 2.07 bits per heavy atom. The third-order valence-electron chi connectivity index (χ3n) is 2.31. The molecule has 2 rings (SSSR count). The van der Waals surface area contributed by atoms with E-state index in [1.165, 1.54) is 0 Å². The molecule has 1 aromatic rings.